The Hall–Kier alpha value is -1.55. The van der Waals surface area contributed by atoms with Crippen LogP contribution in [0.2, 0.25) is 0 Å². The molecule has 1 amide bonds. The number of ether oxygens (including phenoxy) is 1. The Kier molecular flexibility index (Phi) is 5.62. The van der Waals surface area contributed by atoms with Gasteiger partial charge in [0.05, 0.1) is 7.11 Å². The van der Waals surface area contributed by atoms with Crippen LogP contribution in [0.5, 0.6) is 5.75 Å². The fourth-order valence-corrected chi connectivity index (χ4v) is 2.92. The molecule has 1 fully saturated rings. The minimum absolute atomic E-state index is 0.156. The van der Waals surface area contributed by atoms with E-state index in [-0.39, 0.29) is 17.9 Å². The second kappa shape index (κ2) is 7.46. The lowest BCUT2D eigenvalue weighted by Crippen LogP contribution is -2.39. The van der Waals surface area contributed by atoms with Gasteiger partial charge < -0.3 is 15.4 Å². The zero-order chi connectivity index (χ0) is 15.2. The standard InChI is InChI=1S/C17H26N2O2/c1-3-19(12-13-4-10-16(21-2)11-5-13)17(20)14-6-8-15(18)9-7-14/h4-5,10-11,14-15H,3,6-9,12,18H2,1-2H3. The highest BCUT2D eigenvalue weighted by molar-refractivity contribution is 5.79. The topological polar surface area (TPSA) is 55.6 Å². The van der Waals surface area contributed by atoms with Gasteiger partial charge in [0.2, 0.25) is 5.91 Å². The van der Waals surface area contributed by atoms with Crippen molar-refractivity contribution < 1.29 is 9.53 Å². The quantitative estimate of drug-likeness (QED) is 0.906. The molecule has 0 aliphatic heterocycles. The Morgan fingerprint density at radius 2 is 1.86 bits per heavy atom. The van der Waals surface area contributed by atoms with Gasteiger partial charge in [0.25, 0.3) is 0 Å². The van der Waals surface area contributed by atoms with Crippen LogP contribution in [-0.4, -0.2) is 30.5 Å². The summed E-state index contributed by atoms with van der Waals surface area (Å²) in [5.74, 6) is 1.28. The molecule has 0 aromatic heterocycles. The van der Waals surface area contributed by atoms with E-state index in [4.69, 9.17) is 10.5 Å². The second-order valence-corrected chi connectivity index (χ2v) is 5.81. The molecular weight excluding hydrogens is 264 g/mol. The Morgan fingerprint density at radius 3 is 2.38 bits per heavy atom. The van der Waals surface area contributed by atoms with E-state index in [2.05, 4.69) is 0 Å². The van der Waals surface area contributed by atoms with Crippen LogP contribution < -0.4 is 10.5 Å². The molecule has 21 heavy (non-hydrogen) atoms. The van der Waals surface area contributed by atoms with Crippen molar-refractivity contribution in [3.8, 4) is 5.75 Å². The van der Waals surface area contributed by atoms with E-state index >= 15 is 0 Å². The van der Waals surface area contributed by atoms with Crippen molar-refractivity contribution in [3.05, 3.63) is 29.8 Å². The predicted molar refractivity (Wildman–Crippen MR) is 84.0 cm³/mol. The molecule has 0 radical (unpaired) electrons. The van der Waals surface area contributed by atoms with Gasteiger partial charge in [-0.3, -0.25) is 4.79 Å². The lowest BCUT2D eigenvalue weighted by atomic mass is 9.85. The summed E-state index contributed by atoms with van der Waals surface area (Å²) in [5.41, 5.74) is 7.06. The lowest BCUT2D eigenvalue weighted by molar-refractivity contribution is -0.137. The van der Waals surface area contributed by atoms with Crippen molar-refractivity contribution in [1.82, 2.24) is 4.90 Å². The molecule has 4 nitrogen and oxygen atoms in total. The van der Waals surface area contributed by atoms with E-state index < -0.39 is 0 Å². The third-order valence-electron chi connectivity index (χ3n) is 4.35. The number of hydrogen-bond donors (Lipinski definition) is 1. The van der Waals surface area contributed by atoms with Crippen LogP contribution in [0.4, 0.5) is 0 Å². The first kappa shape index (κ1) is 15.8. The molecule has 0 unspecified atom stereocenters. The molecule has 0 spiro atoms. The predicted octanol–water partition coefficient (Wildman–Crippen LogP) is 2.56. The van der Waals surface area contributed by atoms with Gasteiger partial charge in [-0.1, -0.05) is 12.1 Å². The van der Waals surface area contributed by atoms with E-state index in [1.165, 1.54) is 0 Å². The monoisotopic (exact) mass is 290 g/mol. The van der Waals surface area contributed by atoms with Crippen LogP contribution in [0.25, 0.3) is 0 Å². The van der Waals surface area contributed by atoms with Gasteiger partial charge in [-0.15, -0.1) is 0 Å². The van der Waals surface area contributed by atoms with Crippen molar-refractivity contribution in [1.29, 1.82) is 0 Å². The number of carbonyl (C=O) groups excluding carboxylic acids is 1. The summed E-state index contributed by atoms with van der Waals surface area (Å²) in [4.78, 5) is 14.6. The van der Waals surface area contributed by atoms with E-state index in [9.17, 15) is 4.79 Å². The molecule has 1 aliphatic carbocycles. The zero-order valence-corrected chi connectivity index (χ0v) is 13.0. The zero-order valence-electron chi connectivity index (χ0n) is 13.0. The van der Waals surface area contributed by atoms with Crippen LogP contribution >= 0.6 is 0 Å². The molecule has 1 saturated carbocycles. The maximum absolute atomic E-state index is 12.6. The smallest absolute Gasteiger partial charge is 0.225 e. The molecule has 0 saturated heterocycles. The van der Waals surface area contributed by atoms with Gasteiger partial charge in [-0.05, 0) is 50.3 Å². The van der Waals surface area contributed by atoms with Crippen molar-refractivity contribution in [3.63, 3.8) is 0 Å². The van der Waals surface area contributed by atoms with Crippen molar-refractivity contribution in [2.75, 3.05) is 13.7 Å². The number of hydrogen-bond acceptors (Lipinski definition) is 3. The fraction of sp³-hybridized carbons (Fsp3) is 0.588. The van der Waals surface area contributed by atoms with E-state index in [0.29, 0.717) is 6.54 Å². The Labute approximate surface area is 127 Å². The second-order valence-electron chi connectivity index (χ2n) is 5.81. The maximum Gasteiger partial charge on any atom is 0.225 e. The third-order valence-corrected chi connectivity index (χ3v) is 4.35. The molecular formula is C17H26N2O2. The SMILES string of the molecule is CCN(Cc1ccc(OC)cc1)C(=O)C1CCC(N)CC1. The van der Waals surface area contributed by atoms with Crippen LogP contribution in [0.15, 0.2) is 24.3 Å². The highest BCUT2D eigenvalue weighted by Gasteiger charge is 2.27. The number of methoxy groups -OCH3 is 1. The van der Waals surface area contributed by atoms with Gasteiger partial charge in [-0.25, -0.2) is 0 Å². The summed E-state index contributed by atoms with van der Waals surface area (Å²) >= 11 is 0. The van der Waals surface area contributed by atoms with E-state index in [1.54, 1.807) is 7.11 Å². The average Bonchev–Trinajstić information content (AvgIpc) is 2.53. The molecule has 0 bridgehead atoms. The molecule has 2 N–H and O–H groups in total. The number of amides is 1. The summed E-state index contributed by atoms with van der Waals surface area (Å²) in [5, 5.41) is 0. The van der Waals surface area contributed by atoms with E-state index in [0.717, 1.165) is 43.5 Å². The molecule has 4 heteroatoms. The number of carbonyl (C=O) groups is 1. The molecule has 1 aromatic carbocycles. The van der Waals surface area contributed by atoms with Gasteiger partial charge in [0.15, 0.2) is 0 Å². The first-order valence-corrected chi connectivity index (χ1v) is 7.81. The van der Waals surface area contributed by atoms with Gasteiger partial charge in [0, 0.05) is 25.0 Å². The summed E-state index contributed by atoms with van der Waals surface area (Å²) < 4.78 is 5.16. The normalized spacial score (nSPS) is 21.9. The van der Waals surface area contributed by atoms with Crippen molar-refractivity contribution in [2.24, 2.45) is 11.7 Å². The van der Waals surface area contributed by atoms with Gasteiger partial charge in [-0.2, -0.15) is 0 Å². The van der Waals surface area contributed by atoms with Gasteiger partial charge >= 0.3 is 0 Å². The first-order chi connectivity index (χ1) is 10.1. The molecule has 0 atom stereocenters. The highest BCUT2D eigenvalue weighted by atomic mass is 16.5. The average molecular weight is 290 g/mol. The largest absolute Gasteiger partial charge is 0.497 e. The minimum Gasteiger partial charge on any atom is -0.497 e. The van der Waals surface area contributed by atoms with Gasteiger partial charge in [0.1, 0.15) is 5.75 Å². The summed E-state index contributed by atoms with van der Waals surface area (Å²) in [6.07, 6.45) is 3.80. The van der Waals surface area contributed by atoms with Crippen molar-refractivity contribution >= 4 is 5.91 Å². The summed E-state index contributed by atoms with van der Waals surface area (Å²) in [6.45, 7) is 3.45. The van der Waals surface area contributed by atoms with Crippen LogP contribution in [0, 0.1) is 5.92 Å². The molecule has 1 aromatic rings. The van der Waals surface area contributed by atoms with Crippen LogP contribution in [0.3, 0.4) is 0 Å². The summed E-state index contributed by atoms with van der Waals surface area (Å²) in [6, 6.07) is 8.20. The molecule has 2 rings (SSSR count). The molecule has 0 heterocycles. The minimum atomic E-state index is 0.156. The van der Waals surface area contributed by atoms with Crippen LogP contribution in [0.1, 0.15) is 38.2 Å². The highest BCUT2D eigenvalue weighted by Crippen LogP contribution is 2.25. The lowest BCUT2D eigenvalue weighted by Gasteiger charge is -2.30. The maximum atomic E-state index is 12.6. The molecule has 116 valence electrons. The van der Waals surface area contributed by atoms with Crippen molar-refractivity contribution in [2.45, 2.75) is 45.2 Å². The van der Waals surface area contributed by atoms with Crippen LogP contribution in [-0.2, 0) is 11.3 Å². The Morgan fingerprint density at radius 1 is 1.24 bits per heavy atom. The fourth-order valence-electron chi connectivity index (χ4n) is 2.92. The Balaban J connectivity index is 1.96. The molecule has 1 aliphatic rings. The number of nitrogens with two attached hydrogens (primary N) is 1. The first-order valence-electron chi connectivity index (χ1n) is 7.81. The third kappa shape index (κ3) is 4.21. The Bertz CT molecular complexity index is 450. The summed E-state index contributed by atoms with van der Waals surface area (Å²) in [7, 11) is 1.66. The number of nitrogens with zero attached hydrogens (tertiary/aromatic N) is 1. The van der Waals surface area contributed by atoms with E-state index in [1.807, 2.05) is 36.1 Å². The number of rotatable bonds is 5. The number of benzene rings is 1.